The quantitative estimate of drug-likeness (QED) is 0.754. The number of carbonyl (C=O) groups is 1. The first-order valence-corrected chi connectivity index (χ1v) is 5.36. The van der Waals surface area contributed by atoms with Gasteiger partial charge in [-0.15, -0.1) is 0 Å². The molecular formula is C11H13F3N2O3. The Kier molecular flexibility index (Phi) is 4.84. The maximum atomic E-state index is 12.7. The van der Waals surface area contributed by atoms with Gasteiger partial charge in [-0.05, 0) is 12.1 Å². The maximum absolute atomic E-state index is 12.7. The molecule has 2 atom stereocenters. The molecule has 1 rings (SSSR count). The topological polar surface area (TPSA) is 82.5 Å². The third-order valence-corrected chi connectivity index (χ3v) is 2.35. The van der Waals surface area contributed by atoms with Crippen LogP contribution in [0.5, 0.6) is 0 Å². The highest BCUT2D eigenvalue weighted by molar-refractivity contribution is 5.72. The van der Waals surface area contributed by atoms with Crippen molar-refractivity contribution in [1.29, 1.82) is 0 Å². The third kappa shape index (κ3) is 4.18. The van der Waals surface area contributed by atoms with Crippen LogP contribution in [0.3, 0.4) is 0 Å². The Bertz CT molecular complexity index is 451. The molecular weight excluding hydrogens is 265 g/mol. The number of hydrogen-bond acceptors (Lipinski definition) is 4. The molecule has 0 radical (unpaired) electrons. The van der Waals surface area contributed by atoms with Crippen LogP contribution in [0.2, 0.25) is 0 Å². The van der Waals surface area contributed by atoms with Crippen molar-refractivity contribution in [2.24, 2.45) is 0 Å². The summed E-state index contributed by atoms with van der Waals surface area (Å²) in [6.07, 6.45) is -7.03. The lowest BCUT2D eigenvalue weighted by Gasteiger charge is -2.20. The zero-order valence-electron chi connectivity index (χ0n) is 9.98. The van der Waals surface area contributed by atoms with E-state index in [4.69, 9.17) is 0 Å². The van der Waals surface area contributed by atoms with E-state index in [1.807, 2.05) is 0 Å². The Labute approximate surface area is 107 Å². The van der Waals surface area contributed by atoms with Gasteiger partial charge in [0, 0.05) is 19.7 Å². The lowest BCUT2D eigenvalue weighted by molar-refractivity contribution is -0.140. The predicted molar refractivity (Wildman–Crippen MR) is 58.9 cm³/mol. The summed E-state index contributed by atoms with van der Waals surface area (Å²) < 4.78 is 38.1. The molecule has 1 aromatic heterocycles. The molecule has 1 heterocycles. The molecule has 2 unspecified atom stereocenters. The average Bonchev–Trinajstić information content (AvgIpc) is 2.34. The summed E-state index contributed by atoms with van der Waals surface area (Å²) in [7, 11) is 0. The Morgan fingerprint density at radius 2 is 2.11 bits per heavy atom. The van der Waals surface area contributed by atoms with Crippen LogP contribution >= 0.6 is 0 Å². The first-order valence-electron chi connectivity index (χ1n) is 5.36. The molecule has 0 aromatic carbocycles. The highest BCUT2D eigenvalue weighted by atomic mass is 19.4. The van der Waals surface area contributed by atoms with Crippen LogP contribution in [0.25, 0.3) is 0 Å². The van der Waals surface area contributed by atoms with Gasteiger partial charge in [0.1, 0.15) is 12.2 Å². The summed E-state index contributed by atoms with van der Waals surface area (Å²) in [6, 6.07) is 1.84. The van der Waals surface area contributed by atoms with E-state index >= 15 is 0 Å². The minimum absolute atomic E-state index is 0.371. The molecule has 1 aromatic rings. The van der Waals surface area contributed by atoms with Crippen molar-refractivity contribution in [2.75, 3.05) is 6.54 Å². The van der Waals surface area contributed by atoms with Gasteiger partial charge in [0.15, 0.2) is 0 Å². The number of aliphatic hydroxyl groups excluding tert-OH is 2. The zero-order chi connectivity index (χ0) is 14.6. The van der Waals surface area contributed by atoms with Crippen molar-refractivity contribution >= 4 is 5.91 Å². The number of carbonyl (C=O) groups excluding carboxylic acids is 1. The smallest absolute Gasteiger partial charge is 0.388 e. The van der Waals surface area contributed by atoms with Gasteiger partial charge in [0.05, 0.1) is 11.3 Å². The Morgan fingerprint density at radius 1 is 1.47 bits per heavy atom. The van der Waals surface area contributed by atoms with Crippen LogP contribution in [0.4, 0.5) is 13.2 Å². The molecule has 0 saturated carbocycles. The van der Waals surface area contributed by atoms with E-state index in [9.17, 15) is 28.2 Å². The van der Waals surface area contributed by atoms with Crippen molar-refractivity contribution in [2.45, 2.75) is 25.3 Å². The number of amides is 1. The Morgan fingerprint density at radius 3 is 2.63 bits per heavy atom. The van der Waals surface area contributed by atoms with Gasteiger partial charge in [-0.1, -0.05) is 0 Å². The molecule has 0 spiro atoms. The summed E-state index contributed by atoms with van der Waals surface area (Å²) in [5, 5.41) is 21.4. The summed E-state index contributed by atoms with van der Waals surface area (Å²) in [4.78, 5) is 14.1. The highest BCUT2D eigenvalue weighted by Crippen LogP contribution is 2.34. The third-order valence-electron chi connectivity index (χ3n) is 2.35. The van der Waals surface area contributed by atoms with E-state index in [2.05, 4.69) is 10.3 Å². The lowest BCUT2D eigenvalue weighted by atomic mass is 10.0. The molecule has 0 saturated heterocycles. The highest BCUT2D eigenvalue weighted by Gasteiger charge is 2.37. The van der Waals surface area contributed by atoms with Crippen molar-refractivity contribution in [3.63, 3.8) is 0 Å². The molecule has 106 valence electrons. The monoisotopic (exact) mass is 278 g/mol. The molecule has 0 aliphatic rings. The summed E-state index contributed by atoms with van der Waals surface area (Å²) in [5.41, 5.74) is -1.79. The first-order chi connectivity index (χ1) is 8.73. The van der Waals surface area contributed by atoms with Crippen LogP contribution in [0.15, 0.2) is 18.3 Å². The molecule has 1 amide bonds. The minimum Gasteiger partial charge on any atom is -0.388 e. The molecule has 8 heteroatoms. The molecule has 0 aliphatic heterocycles. The van der Waals surface area contributed by atoms with Crippen molar-refractivity contribution in [3.8, 4) is 0 Å². The number of halogens is 3. The summed E-state index contributed by atoms with van der Waals surface area (Å²) in [5.74, 6) is -0.469. The van der Waals surface area contributed by atoms with E-state index in [-0.39, 0.29) is 6.54 Å². The number of pyridine rings is 1. The number of aromatic nitrogens is 1. The van der Waals surface area contributed by atoms with Gasteiger partial charge in [0.25, 0.3) is 0 Å². The average molecular weight is 278 g/mol. The van der Waals surface area contributed by atoms with Gasteiger partial charge in [-0.25, -0.2) is 0 Å². The maximum Gasteiger partial charge on any atom is 0.418 e. The van der Waals surface area contributed by atoms with Crippen LogP contribution in [0.1, 0.15) is 24.3 Å². The Balaban J connectivity index is 2.93. The molecule has 0 bridgehead atoms. The van der Waals surface area contributed by atoms with E-state index in [0.29, 0.717) is 0 Å². The second-order valence-electron chi connectivity index (χ2n) is 3.88. The second kappa shape index (κ2) is 5.98. The van der Waals surface area contributed by atoms with Gasteiger partial charge < -0.3 is 15.5 Å². The number of nitrogens with one attached hydrogen (secondary N) is 1. The van der Waals surface area contributed by atoms with E-state index in [0.717, 1.165) is 18.3 Å². The summed E-state index contributed by atoms with van der Waals surface area (Å²) in [6.45, 7) is 0.811. The number of aliphatic hydroxyl groups is 2. The Hall–Kier alpha value is -1.67. The van der Waals surface area contributed by atoms with Crippen molar-refractivity contribution in [3.05, 3.63) is 29.6 Å². The SMILES string of the molecule is CC(=O)NCC(O)C(O)c1ncccc1C(F)(F)F. The van der Waals surface area contributed by atoms with Gasteiger partial charge >= 0.3 is 6.18 Å². The minimum atomic E-state index is -4.68. The largest absolute Gasteiger partial charge is 0.418 e. The molecule has 0 fully saturated rings. The van der Waals surface area contributed by atoms with Crippen LogP contribution in [0, 0.1) is 0 Å². The first kappa shape index (κ1) is 15.4. The van der Waals surface area contributed by atoms with Gasteiger partial charge in [-0.3, -0.25) is 9.78 Å². The van der Waals surface area contributed by atoms with Crippen LogP contribution in [-0.4, -0.2) is 33.8 Å². The predicted octanol–water partition coefficient (Wildman–Crippen LogP) is 0.631. The summed E-state index contributed by atoms with van der Waals surface area (Å²) >= 11 is 0. The number of rotatable bonds is 4. The van der Waals surface area contributed by atoms with Crippen LogP contribution in [-0.2, 0) is 11.0 Å². The normalized spacial score (nSPS) is 14.8. The second-order valence-corrected chi connectivity index (χ2v) is 3.88. The standard InChI is InChI=1S/C11H13F3N2O3/c1-6(17)16-5-8(18)10(19)9-7(11(12,13)14)3-2-4-15-9/h2-4,8,10,18-19H,5H2,1H3,(H,16,17). The van der Waals surface area contributed by atoms with Crippen molar-refractivity contribution in [1.82, 2.24) is 10.3 Å². The zero-order valence-corrected chi connectivity index (χ0v) is 9.98. The van der Waals surface area contributed by atoms with E-state index in [1.165, 1.54) is 6.92 Å². The van der Waals surface area contributed by atoms with Crippen molar-refractivity contribution < 1.29 is 28.2 Å². The van der Waals surface area contributed by atoms with Gasteiger partial charge in [-0.2, -0.15) is 13.2 Å². The van der Waals surface area contributed by atoms with E-state index < -0.39 is 35.5 Å². The number of hydrogen-bond donors (Lipinski definition) is 3. The van der Waals surface area contributed by atoms with Gasteiger partial charge in [0.2, 0.25) is 5.91 Å². The molecule has 3 N–H and O–H groups in total. The van der Waals surface area contributed by atoms with Crippen LogP contribution < -0.4 is 5.32 Å². The lowest BCUT2D eigenvalue weighted by Crippen LogP contribution is -2.35. The fraction of sp³-hybridized carbons (Fsp3) is 0.455. The molecule has 5 nitrogen and oxygen atoms in total. The molecule has 0 aliphatic carbocycles. The number of alkyl halides is 3. The number of nitrogens with zero attached hydrogens (tertiary/aromatic N) is 1. The molecule has 19 heavy (non-hydrogen) atoms. The fourth-order valence-corrected chi connectivity index (χ4v) is 1.44. The fourth-order valence-electron chi connectivity index (χ4n) is 1.44. The van der Waals surface area contributed by atoms with E-state index in [1.54, 1.807) is 0 Å².